The molecule has 0 N–H and O–H groups in total. The summed E-state index contributed by atoms with van der Waals surface area (Å²) < 4.78 is 10.5. The maximum absolute atomic E-state index is 5.35. The molecule has 13 heavy (non-hydrogen) atoms. The van der Waals surface area contributed by atoms with Crippen LogP contribution in [0.4, 0.5) is 0 Å². The molecule has 0 bridgehead atoms. The van der Waals surface area contributed by atoms with Crippen LogP contribution in [-0.2, 0) is 11.2 Å². The van der Waals surface area contributed by atoms with E-state index in [1.54, 1.807) is 7.11 Å². The summed E-state index contributed by atoms with van der Waals surface area (Å²) in [4.78, 5) is 0. The Hall–Kier alpha value is -1.02. The smallest absolute Gasteiger partial charge is 0.119 e. The molecule has 0 amide bonds. The van der Waals surface area contributed by atoms with Crippen molar-refractivity contribution < 1.29 is 9.47 Å². The first kappa shape index (κ1) is 8.57. The van der Waals surface area contributed by atoms with Crippen molar-refractivity contribution in [2.75, 3.05) is 7.11 Å². The zero-order chi connectivity index (χ0) is 9.26. The van der Waals surface area contributed by atoms with Crippen LogP contribution in [0.3, 0.4) is 0 Å². The number of hydrogen-bond donors (Lipinski definition) is 0. The van der Waals surface area contributed by atoms with Crippen LogP contribution in [0.2, 0.25) is 0 Å². The molecule has 1 heterocycles. The van der Waals surface area contributed by atoms with Crippen LogP contribution in [0.25, 0.3) is 0 Å². The number of hydrogen-bond acceptors (Lipinski definition) is 2. The highest BCUT2D eigenvalue weighted by Crippen LogP contribution is 2.26. The van der Waals surface area contributed by atoms with Gasteiger partial charge in [-0.15, -0.1) is 0 Å². The van der Waals surface area contributed by atoms with E-state index in [4.69, 9.17) is 9.47 Å². The summed E-state index contributed by atoms with van der Waals surface area (Å²) in [6, 6.07) is 8.15. The Morgan fingerprint density at radius 1 is 1.46 bits per heavy atom. The first-order chi connectivity index (χ1) is 6.29. The van der Waals surface area contributed by atoms with Crippen LogP contribution in [-0.4, -0.2) is 19.3 Å². The fourth-order valence-electron chi connectivity index (χ4n) is 1.48. The molecule has 2 nitrogen and oxygen atoms in total. The molecule has 0 aliphatic carbocycles. The van der Waals surface area contributed by atoms with Crippen molar-refractivity contribution in [2.24, 2.45) is 0 Å². The van der Waals surface area contributed by atoms with Gasteiger partial charge in [0, 0.05) is 6.42 Å². The lowest BCUT2D eigenvalue weighted by molar-refractivity contribution is 0.377. The molecule has 1 aliphatic rings. The quantitative estimate of drug-likeness (QED) is 0.660. The van der Waals surface area contributed by atoms with Gasteiger partial charge in [-0.2, -0.15) is 0 Å². The molecule has 0 radical (unpaired) electrons. The van der Waals surface area contributed by atoms with Gasteiger partial charge in [0.05, 0.1) is 19.3 Å². The fraction of sp³-hybridized carbons (Fsp3) is 0.455. The highest BCUT2D eigenvalue weighted by atomic mass is 16.6. The molecule has 0 saturated carbocycles. The van der Waals surface area contributed by atoms with Crippen molar-refractivity contribution in [3.8, 4) is 5.75 Å². The van der Waals surface area contributed by atoms with E-state index in [9.17, 15) is 0 Å². The summed E-state index contributed by atoms with van der Waals surface area (Å²) in [6.45, 7) is 2.10. The summed E-state index contributed by atoms with van der Waals surface area (Å²) in [5.74, 6) is 0.922. The minimum Gasteiger partial charge on any atom is -0.497 e. The molecule has 1 aromatic carbocycles. The lowest BCUT2D eigenvalue weighted by atomic mass is 10.1. The molecule has 70 valence electrons. The van der Waals surface area contributed by atoms with Gasteiger partial charge in [0.25, 0.3) is 0 Å². The summed E-state index contributed by atoms with van der Waals surface area (Å²) >= 11 is 0. The van der Waals surface area contributed by atoms with Crippen LogP contribution in [0, 0.1) is 0 Å². The zero-order valence-corrected chi connectivity index (χ0v) is 7.99. The average Bonchev–Trinajstić information content (AvgIpc) is 2.82. The molecule has 1 aliphatic heterocycles. The number of methoxy groups -OCH3 is 1. The molecule has 2 atom stereocenters. The van der Waals surface area contributed by atoms with Crippen molar-refractivity contribution in [1.29, 1.82) is 0 Å². The van der Waals surface area contributed by atoms with Crippen LogP contribution >= 0.6 is 0 Å². The van der Waals surface area contributed by atoms with Gasteiger partial charge in [-0.25, -0.2) is 0 Å². The Labute approximate surface area is 78.5 Å². The lowest BCUT2D eigenvalue weighted by Gasteiger charge is -2.01. The van der Waals surface area contributed by atoms with E-state index in [1.165, 1.54) is 5.56 Å². The minimum absolute atomic E-state index is 0.423. The third-order valence-corrected chi connectivity index (χ3v) is 2.41. The molecule has 1 fully saturated rings. The highest BCUT2D eigenvalue weighted by Gasteiger charge is 2.33. The lowest BCUT2D eigenvalue weighted by Crippen LogP contribution is -1.96. The molecular weight excluding hydrogens is 164 g/mol. The summed E-state index contributed by atoms with van der Waals surface area (Å²) in [6.07, 6.45) is 1.86. The van der Waals surface area contributed by atoms with E-state index >= 15 is 0 Å². The average molecular weight is 178 g/mol. The predicted molar refractivity (Wildman–Crippen MR) is 51.0 cm³/mol. The predicted octanol–water partition coefficient (Wildman–Crippen LogP) is 2.02. The minimum atomic E-state index is 0.423. The van der Waals surface area contributed by atoms with E-state index in [-0.39, 0.29) is 0 Å². The second-order valence-electron chi connectivity index (χ2n) is 3.44. The van der Waals surface area contributed by atoms with E-state index in [0.717, 1.165) is 12.2 Å². The van der Waals surface area contributed by atoms with E-state index < -0.39 is 0 Å². The van der Waals surface area contributed by atoms with Crippen LogP contribution in [0.15, 0.2) is 24.3 Å². The Morgan fingerprint density at radius 3 is 2.85 bits per heavy atom. The van der Waals surface area contributed by atoms with Crippen molar-refractivity contribution in [3.63, 3.8) is 0 Å². The molecule has 2 unspecified atom stereocenters. The van der Waals surface area contributed by atoms with Gasteiger partial charge < -0.3 is 9.47 Å². The summed E-state index contributed by atoms with van der Waals surface area (Å²) in [5.41, 5.74) is 1.29. The monoisotopic (exact) mass is 178 g/mol. The number of rotatable bonds is 3. The zero-order valence-electron chi connectivity index (χ0n) is 7.99. The van der Waals surface area contributed by atoms with Crippen molar-refractivity contribution in [2.45, 2.75) is 25.6 Å². The number of benzene rings is 1. The maximum Gasteiger partial charge on any atom is 0.119 e. The van der Waals surface area contributed by atoms with Gasteiger partial charge >= 0.3 is 0 Å². The van der Waals surface area contributed by atoms with Crippen LogP contribution in [0.1, 0.15) is 12.5 Å². The first-order valence-electron chi connectivity index (χ1n) is 4.58. The molecule has 0 spiro atoms. The highest BCUT2D eigenvalue weighted by molar-refractivity contribution is 5.29. The van der Waals surface area contributed by atoms with Crippen molar-refractivity contribution in [1.82, 2.24) is 0 Å². The molecular formula is C11H14O2. The van der Waals surface area contributed by atoms with E-state index in [0.29, 0.717) is 12.2 Å². The maximum atomic E-state index is 5.35. The van der Waals surface area contributed by atoms with Gasteiger partial charge in [0.2, 0.25) is 0 Å². The second-order valence-corrected chi connectivity index (χ2v) is 3.44. The molecule has 2 rings (SSSR count). The molecule has 1 aromatic rings. The normalized spacial score (nSPS) is 25.7. The number of ether oxygens (including phenoxy) is 2. The third-order valence-electron chi connectivity index (χ3n) is 2.41. The van der Waals surface area contributed by atoms with Gasteiger partial charge in [-0.05, 0) is 24.6 Å². The Morgan fingerprint density at radius 2 is 2.23 bits per heavy atom. The second kappa shape index (κ2) is 3.38. The van der Waals surface area contributed by atoms with E-state index in [2.05, 4.69) is 19.1 Å². The third kappa shape index (κ3) is 2.01. The summed E-state index contributed by atoms with van der Waals surface area (Å²) in [5, 5.41) is 0. The largest absolute Gasteiger partial charge is 0.497 e. The van der Waals surface area contributed by atoms with Crippen LogP contribution in [0.5, 0.6) is 5.75 Å². The van der Waals surface area contributed by atoms with Gasteiger partial charge in [-0.1, -0.05) is 12.1 Å². The topological polar surface area (TPSA) is 21.8 Å². The van der Waals surface area contributed by atoms with Crippen molar-refractivity contribution >= 4 is 0 Å². The SMILES string of the molecule is COc1cccc(CC2OC2C)c1. The Kier molecular flexibility index (Phi) is 2.23. The standard InChI is InChI=1S/C11H14O2/c1-8-11(13-8)7-9-4-3-5-10(6-9)12-2/h3-6,8,11H,7H2,1-2H3. The summed E-state index contributed by atoms with van der Waals surface area (Å²) in [7, 11) is 1.69. The fourth-order valence-corrected chi connectivity index (χ4v) is 1.48. The molecule has 1 saturated heterocycles. The Bertz CT molecular complexity index is 296. The molecule has 0 aromatic heterocycles. The van der Waals surface area contributed by atoms with Gasteiger partial charge in [-0.3, -0.25) is 0 Å². The van der Waals surface area contributed by atoms with Gasteiger partial charge in [0.1, 0.15) is 5.75 Å². The van der Waals surface area contributed by atoms with Crippen molar-refractivity contribution in [3.05, 3.63) is 29.8 Å². The Balaban J connectivity index is 2.03. The van der Waals surface area contributed by atoms with Gasteiger partial charge in [0.15, 0.2) is 0 Å². The van der Waals surface area contributed by atoms with Crippen LogP contribution < -0.4 is 4.74 Å². The number of epoxide rings is 1. The first-order valence-corrected chi connectivity index (χ1v) is 4.58. The molecule has 2 heteroatoms. The van der Waals surface area contributed by atoms with E-state index in [1.807, 2.05) is 12.1 Å².